The highest BCUT2D eigenvalue weighted by Crippen LogP contribution is 2.27. The Morgan fingerprint density at radius 1 is 1.24 bits per heavy atom. The van der Waals surface area contributed by atoms with Crippen LogP contribution in [0.15, 0.2) is 33.7 Å². The number of aromatic nitrogens is 1. The normalized spacial score (nSPS) is 12.6. The minimum absolute atomic E-state index is 0.409. The summed E-state index contributed by atoms with van der Waals surface area (Å²) in [5.74, 6) is 1.83. The van der Waals surface area contributed by atoms with Gasteiger partial charge in [0.15, 0.2) is 0 Å². The first-order valence-corrected chi connectivity index (χ1v) is 8.48. The van der Waals surface area contributed by atoms with Crippen molar-refractivity contribution >= 4 is 11.8 Å². The molecule has 1 aromatic carbocycles. The van der Waals surface area contributed by atoms with Crippen molar-refractivity contribution in [1.29, 1.82) is 0 Å². The molecule has 1 heterocycles. The zero-order chi connectivity index (χ0) is 15.2. The quantitative estimate of drug-likeness (QED) is 0.756. The van der Waals surface area contributed by atoms with Gasteiger partial charge in [-0.25, -0.2) is 0 Å². The molecule has 1 atom stereocenters. The van der Waals surface area contributed by atoms with Crippen LogP contribution in [0.5, 0.6) is 0 Å². The Hall–Kier alpha value is -1.26. The molecular formula is C17H24N2OS. The van der Waals surface area contributed by atoms with Crippen LogP contribution in [0.3, 0.4) is 0 Å². The number of hydrogen-bond acceptors (Lipinski definition) is 4. The van der Waals surface area contributed by atoms with E-state index in [4.69, 9.17) is 4.52 Å². The number of nitrogens with zero attached hydrogens (tertiary/aromatic N) is 1. The van der Waals surface area contributed by atoms with Crippen molar-refractivity contribution in [1.82, 2.24) is 10.5 Å². The van der Waals surface area contributed by atoms with Crippen molar-refractivity contribution in [2.24, 2.45) is 0 Å². The van der Waals surface area contributed by atoms with E-state index in [2.05, 4.69) is 48.6 Å². The van der Waals surface area contributed by atoms with Gasteiger partial charge in [-0.1, -0.05) is 24.2 Å². The second kappa shape index (κ2) is 7.66. The van der Waals surface area contributed by atoms with Gasteiger partial charge in [0, 0.05) is 22.3 Å². The highest BCUT2D eigenvalue weighted by molar-refractivity contribution is 7.98. The minimum Gasteiger partial charge on any atom is -0.361 e. The summed E-state index contributed by atoms with van der Waals surface area (Å²) in [7, 11) is 0. The SMILES string of the molecule is CCCNC(C)c1ccc(SCc2c(C)noc2C)cc1. The molecule has 0 bridgehead atoms. The Labute approximate surface area is 131 Å². The number of thioether (sulfide) groups is 1. The zero-order valence-electron chi connectivity index (χ0n) is 13.3. The molecule has 0 aliphatic heterocycles. The van der Waals surface area contributed by atoms with Crippen molar-refractivity contribution in [2.75, 3.05) is 6.54 Å². The van der Waals surface area contributed by atoms with Crippen LogP contribution in [0.2, 0.25) is 0 Å². The molecule has 0 aliphatic rings. The average Bonchev–Trinajstić information content (AvgIpc) is 2.82. The van der Waals surface area contributed by atoms with Crippen molar-refractivity contribution in [2.45, 2.75) is 50.8 Å². The maximum Gasteiger partial charge on any atom is 0.137 e. The lowest BCUT2D eigenvalue weighted by Crippen LogP contribution is -2.19. The summed E-state index contributed by atoms with van der Waals surface area (Å²) in [5, 5.41) is 7.51. The summed E-state index contributed by atoms with van der Waals surface area (Å²) in [5.41, 5.74) is 3.54. The summed E-state index contributed by atoms with van der Waals surface area (Å²) in [6.07, 6.45) is 1.16. The summed E-state index contributed by atoms with van der Waals surface area (Å²) in [6, 6.07) is 9.22. The maximum absolute atomic E-state index is 5.20. The molecule has 1 unspecified atom stereocenters. The van der Waals surface area contributed by atoms with Gasteiger partial charge in [0.05, 0.1) is 5.69 Å². The van der Waals surface area contributed by atoms with Crippen molar-refractivity contribution < 1.29 is 4.52 Å². The molecule has 2 rings (SSSR count). The van der Waals surface area contributed by atoms with Gasteiger partial charge < -0.3 is 9.84 Å². The molecular weight excluding hydrogens is 280 g/mol. The molecule has 21 heavy (non-hydrogen) atoms. The molecule has 114 valence electrons. The van der Waals surface area contributed by atoms with Crippen LogP contribution in [-0.4, -0.2) is 11.7 Å². The molecule has 1 N–H and O–H groups in total. The lowest BCUT2D eigenvalue weighted by atomic mass is 10.1. The first-order chi connectivity index (χ1) is 10.1. The van der Waals surface area contributed by atoms with Gasteiger partial charge in [-0.05, 0) is 51.4 Å². The third-order valence-electron chi connectivity index (χ3n) is 3.65. The van der Waals surface area contributed by atoms with Gasteiger partial charge in [0.25, 0.3) is 0 Å². The fourth-order valence-corrected chi connectivity index (χ4v) is 3.25. The Bertz CT molecular complexity index is 543. The summed E-state index contributed by atoms with van der Waals surface area (Å²) in [6.45, 7) is 9.43. The molecule has 2 aromatic rings. The summed E-state index contributed by atoms with van der Waals surface area (Å²) in [4.78, 5) is 1.28. The predicted octanol–water partition coefficient (Wildman–Crippen LogP) is 4.64. The smallest absolute Gasteiger partial charge is 0.137 e. The number of hydrogen-bond donors (Lipinski definition) is 1. The topological polar surface area (TPSA) is 38.1 Å². The molecule has 3 nitrogen and oxygen atoms in total. The van der Waals surface area contributed by atoms with E-state index in [9.17, 15) is 0 Å². The number of benzene rings is 1. The Balaban J connectivity index is 1.93. The first-order valence-electron chi connectivity index (χ1n) is 7.49. The molecule has 0 aliphatic carbocycles. The molecule has 4 heteroatoms. The first kappa shape index (κ1) is 16.1. The van der Waals surface area contributed by atoms with Gasteiger partial charge in [-0.15, -0.1) is 11.8 Å². The van der Waals surface area contributed by atoms with E-state index in [-0.39, 0.29) is 0 Å². The Morgan fingerprint density at radius 2 is 1.95 bits per heavy atom. The Kier molecular flexibility index (Phi) is 5.88. The van der Waals surface area contributed by atoms with E-state index in [1.807, 2.05) is 25.6 Å². The van der Waals surface area contributed by atoms with Crippen LogP contribution in [-0.2, 0) is 5.75 Å². The van der Waals surface area contributed by atoms with Gasteiger partial charge in [-0.3, -0.25) is 0 Å². The second-order valence-corrected chi connectivity index (χ2v) is 6.39. The highest BCUT2D eigenvalue weighted by atomic mass is 32.2. The van der Waals surface area contributed by atoms with Gasteiger partial charge in [-0.2, -0.15) is 0 Å². The number of aryl methyl sites for hydroxylation is 2. The fraction of sp³-hybridized carbons (Fsp3) is 0.471. The van der Waals surface area contributed by atoms with Crippen LogP contribution in [0.25, 0.3) is 0 Å². The average molecular weight is 304 g/mol. The third kappa shape index (κ3) is 4.35. The van der Waals surface area contributed by atoms with E-state index < -0.39 is 0 Å². The van der Waals surface area contributed by atoms with Gasteiger partial charge >= 0.3 is 0 Å². The summed E-state index contributed by atoms with van der Waals surface area (Å²) >= 11 is 1.82. The fourth-order valence-electron chi connectivity index (χ4n) is 2.19. The monoisotopic (exact) mass is 304 g/mol. The largest absolute Gasteiger partial charge is 0.361 e. The number of rotatable bonds is 7. The second-order valence-electron chi connectivity index (χ2n) is 5.34. The third-order valence-corrected chi connectivity index (χ3v) is 4.68. The standard InChI is InChI=1S/C17H24N2OS/c1-5-10-18-12(2)15-6-8-16(9-7-15)21-11-17-13(3)19-20-14(17)4/h6-9,12,18H,5,10-11H2,1-4H3. The van der Waals surface area contributed by atoms with Gasteiger partial charge in [0.1, 0.15) is 5.76 Å². The molecule has 0 saturated heterocycles. The lowest BCUT2D eigenvalue weighted by molar-refractivity contribution is 0.392. The van der Waals surface area contributed by atoms with Crippen LogP contribution in [0.4, 0.5) is 0 Å². The van der Waals surface area contributed by atoms with Gasteiger partial charge in [0.2, 0.25) is 0 Å². The van der Waals surface area contributed by atoms with Crippen LogP contribution in [0.1, 0.15) is 48.9 Å². The molecule has 0 saturated carbocycles. The van der Waals surface area contributed by atoms with Crippen LogP contribution < -0.4 is 5.32 Å². The maximum atomic E-state index is 5.20. The van der Waals surface area contributed by atoms with E-state index in [0.717, 1.165) is 30.2 Å². The molecule has 0 spiro atoms. The van der Waals surface area contributed by atoms with E-state index >= 15 is 0 Å². The van der Waals surface area contributed by atoms with Crippen molar-refractivity contribution in [3.8, 4) is 0 Å². The predicted molar refractivity (Wildman–Crippen MR) is 88.7 cm³/mol. The van der Waals surface area contributed by atoms with E-state index in [1.54, 1.807) is 0 Å². The highest BCUT2D eigenvalue weighted by Gasteiger charge is 2.09. The van der Waals surface area contributed by atoms with E-state index in [1.165, 1.54) is 16.0 Å². The minimum atomic E-state index is 0.409. The number of nitrogens with one attached hydrogen (secondary N) is 1. The lowest BCUT2D eigenvalue weighted by Gasteiger charge is -2.14. The molecule has 0 amide bonds. The zero-order valence-corrected chi connectivity index (χ0v) is 14.1. The van der Waals surface area contributed by atoms with E-state index in [0.29, 0.717) is 6.04 Å². The Morgan fingerprint density at radius 3 is 2.52 bits per heavy atom. The molecule has 1 aromatic heterocycles. The van der Waals surface area contributed by atoms with Crippen LogP contribution >= 0.6 is 11.8 Å². The molecule has 0 radical (unpaired) electrons. The summed E-state index contributed by atoms with van der Waals surface area (Å²) < 4.78 is 5.20. The molecule has 0 fully saturated rings. The van der Waals surface area contributed by atoms with Crippen LogP contribution in [0, 0.1) is 13.8 Å². The van der Waals surface area contributed by atoms with Crippen molar-refractivity contribution in [3.05, 3.63) is 46.8 Å². The van der Waals surface area contributed by atoms with Crippen molar-refractivity contribution in [3.63, 3.8) is 0 Å².